The molecular formula is C11H29LiN2P2Si. The summed E-state index contributed by atoms with van der Waals surface area (Å²) in [6, 6.07) is 0. The van der Waals surface area contributed by atoms with Gasteiger partial charge in [-0.3, -0.25) is 9.34 Å². The molecule has 0 saturated carbocycles. The fourth-order valence-corrected chi connectivity index (χ4v) is 14.7. The molecule has 0 aromatic heterocycles. The van der Waals surface area contributed by atoms with Crippen molar-refractivity contribution in [1.29, 1.82) is 0 Å². The molecule has 0 aliphatic carbocycles. The minimum absolute atomic E-state index is 0. The van der Waals surface area contributed by atoms with Crippen LogP contribution in [0.4, 0.5) is 0 Å². The van der Waals surface area contributed by atoms with Crippen molar-refractivity contribution in [3.63, 3.8) is 0 Å². The first-order chi connectivity index (χ1) is 7.39. The fraction of sp³-hybridized carbons (Fsp3) is 1.00. The van der Waals surface area contributed by atoms with Crippen molar-refractivity contribution in [3.05, 3.63) is 0 Å². The predicted octanol–water partition coefficient (Wildman–Crippen LogP) is 1.68. The summed E-state index contributed by atoms with van der Waals surface area (Å²) in [6.45, 7) is 21.4. The molecule has 0 saturated heterocycles. The van der Waals surface area contributed by atoms with Crippen molar-refractivity contribution in [2.45, 2.75) is 47.3 Å². The van der Waals surface area contributed by atoms with Gasteiger partial charge in [0.1, 0.15) is 0 Å². The SMILES string of the molecule is CCN(CC)P([P-][Si](C)(C)C)N(CC)CC.[Li+]. The van der Waals surface area contributed by atoms with Crippen molar-refractivity contribution in [3.8, 4) is 0 Å². The second-order valence-corrected chi connectivity index (χ2v) is 18.5. The molecule has 0 heterocycles. The fourth-order valence-electron chi connectivity index (χ4n) is 1.53. The number of hydrogen-bond donors (Lipinski definition) is 0. The molecule has 0 unspecified atom stereocenters. The van der Waals surface area contributed by atoms with Crippen LogP contribution in [0.15, 0.2) is 0 Å². The molecule has 0 N–H and O–H groups in total. The summed E-state index contributed by atoms with van der Waals surface area (Å²) >= 11 is 0. The van der Waals surface area contributed by atoms with Crippen LogP contribution in [0, 0.1) is 0 Å². The molecular weight excluding hydrogens is 257 g/mol. The molecule has 2 nitrogen and oxygen atoms in total. The molecule has 0 amide bonds. The Morgan fingerprint density at radius 3 is 1.29 bits per heavy atom. The van der Waals surface area contributed by atoms with E-state index in [-0.39, 0.29) is 26.8 Å². The standard InChI is InChI=1S/C11H29N2P2Si.Li/c1-8-12(9-2)15(13(10-3)11-4)14-16(5,6)7;/h8-11H2,1-7H3;/q-1;+1. The zero-order valence-corrected chi connectivity index (χ0v) is 15.9. The third kappa shape index (κ3) is 8.38. The van der Waals surface area contributed by atoms with E-state index in [0.29, 0.717) is 0 Å². The molecule has 0 spiro atoms. The Bertz CT molecular complexity index is 171. The van der Waals surface area contributed by atoms with Crippen LogP contribution in [-0.4, -0.2) is 43.3 Å². The summed E-state index contributed by atoms with van der Waals surface area (Å²) in [5, 5.41) is 0. The Morgan fingerprint density at radius 1 is 0.824 bits per heavy atom. The van der Waals surface area contributed by atoms with Crippen LogP contribution in [0.3, 0.4) is 0 Å². The smallest absolute Gasteiger partial charge is 0.476 e. The minimum Gasteiger partial charge on any atom is -0.476 e. The van der Waals surface area contributed by atoms with E-state index in [0.717, 1.165) is 0 Å². The Kier molecular flexibility index (Phi) is 12.8. The van der Waals surface area contributed by atoms with Gasteiger partial charge < -0.3 is 7.82 Å². The van der Waals surface area contributed by atoms with Gasteiger partial charge in [0.15, 0.2) is 0 Å². The van der Waals surface area contributed by atoms with E-state index in [2.05, 4.69) is 56.7 Å². The summed E-state index contributed by atoms with van der Waals surface area (Å²) in [6.07, 6.45) is 0. The zero-order valence-electron chi connectivity index (χ0n) is 13.1. The maximum atomic E-state index is 2.67. The summed E-state index contributed by atoms with van der Waals surface area (Å²) in [4.78, 5) is 0. The largest absolute Gasteiger partial charge is 1.00 e. The normalized spacial score (nSPS) is 13.1. The van der Waals surface area contributed by atoms with Gasteiger partial charge in [0.05, 0.1) is 0 Å². The van der Waals surface area contributed by atoms with E-state index in [9.17, 15) is 0 Å². The van der Waals surface area contributed by atoms with Crippen LogP contribution in [0.5, 0.6) is 0 Å². The van der Waals surface area contributed by atoms with Gasteiger partial charge in [-0.1, -0.05) is 55.1 Å². The second kappa shape index (κ2) is 10.4. The third-order valence-electron chi connectivity index (χ3n) is 2.36. The van der Waals surface area contributed by atoms with E-state index < -0.39 is 7.74 Å². The maximum Gasteiger partial charge on any atom is 1.00 e. The molecule has 6 heteroatoms. The van der Waals surface area contributed by atoms with Crippen LogP contribution in [0.2, 0.25) is 19.6 Å². The van der Waals surface area contributed by atoms with Gasteiger partial charge in [-0.25, -0.2) is 0 Å². The molecule has 0 fully saturated rings. The molecule has 0 aliphatic rings. The van der Waals surface area contributed by atoms with E-state index in [1.54, 1.807) is 7.82 Å². The average Bonchev–Trinajstić information content (AvgIpc) is 2.19. The maximum absolute atomic E-state index is 2.67. The average molecular weight is 286 g/mol. The molecule has 0 aromatic carbocycles. The first kappa shape index (κ1) is 20.9. The summed E-state index contributed by atoms with van der Waals surface area (Å²) < 4.78 is 5.34. The zero-order chi connectivity index (χ0) is 12.8. The quantitative estimate of drug-likeness (QED) is 0.495. The molecule has 0 aromatic rings. The molecule has 0 bridgehead atoms. The van der Waals surface area contributed by atoms with Crippen molar-refractivity contribution in [1.82, 2.24) is 9.34 Å². The minimum atomic E-state index is -0.993. The Morgan fingerprint density at radius 2 is 1.12 bits per heavy atom. The molecule has 0 radical (unpaired) electrons. The van der Waals surface area contributed by atoms with Gasteiger partial charge in [-0.05, 0) is 26.2 Å². The monoisotopic (exact) mass is 286 g/mol. The molecule has 17 heavy (non-hydrogen) atoms. The predicted molar refractivity (Wildman–Crippen MR) is 83.0 cm³/mol. The van der Waals surface area contributed by atoms with Gasteiger partial charge in [0, 0.05) is 0 Å². The molecule has 0 atom stereocenters. The van der Waals surface area contributed by atoms with Gasteiger partial charge in [-0.2, -0.15) is 0 Å². The first-order valence-corrected chi connectivity index (χ1v) is 13.6. The van der Waals surface area contributed by atoms with Gasteiger partial charge in [-0.15, -0.1) is 7.91 Å². The van der Waals surface area contributed by atoms with E-state index >= 15 is 0 Å². The van der Waals surface area contributed by atoms with E-state index in [1.807, 2.05) is 0 Å². The Hall–Kier alpha value is 1.59. The Balaban J connectivity index is 0. The number of hydrogen-bond acceptors (Lipinski definition) is 2. The summed E-state index contributed by atoms with van der Waals surface area (Å²) in [5.41, 5.74) is 0. The number of rotatable bonds is 8. The summed E-state index contributed by atoms with van der Waals surface area (Å²) in [5.74, 6) is 0. The first-order valence-electron chi connectivity index (χ1n) is 6.42. The van der Waals surface area contributed by atoms with Crippen molar-refractivity contribution < 1.29 is 18.9 Å². The van der Waals surface area contributed by atoms with Crippen LogP contribution >= 0.6 is 15.7 Å². The van der Waals surface area contributed by atoms with Crippen LogP contribution in [0.25, 0.3) is 0 Å². The summed E-state index contributed by atoms with van der Waals surface area (Å²) in [7, 11) is 0.655. The van der Waals surface area contributed by atoms with Gasteiger partial charge in [0.2, 0.25) is 0 Å². The van der Waals surface area contributed by atoms with Crippen LogP contribution in [-0.2, 0) is 0 Å². The van der Waals surface area contributed by atoms with Crippen molar-refractivity contribution in [2.24, 2.45) is 0 Å². The van der Waals surface area contributed by atoms with Gasteiger partial charge >= 0.3 is 18.9 Å². The van der Waals surface area contributed by atoms with Crippen molar-refractivity contribution >= 4 is 23.5 Å². The topological polar surface area (TPSA) is 6.48 Å². The van der Waals surface area contributed by atoms with Gasteiger partial charge in [0.25, 0.3) is 0 Å². The van der Waals surface area contributed by atoms with E-state index in [4.69, 9.17) is 0 Å². The number of nitrogens with zero attached hydrogens (tertiary/aromatic N) is 2. The third-order valence-corrected chi connectivity index (χ3v) is 16.1. The Labute approximate surface area is 125 Å². The second-order valence-electron chi connectivity index (χ2n) is 4.82. The van der Waals surface area contributed by atoms with Crippen LogP contribution < -0.4 is 18.9 Å². The van der Waals surface area contributed by atoms with Crippen molar-refractivity contribution in [2.75, 3.05) is 26.2 Å². The van der Waals surface area contributed by atoms with E-state index in [1.165, 1.54) is 26.2 Å². The van der Waals surface area contributed by atoms with Crippen LogP contribution in [0.1, 0.15) is 27.7 Å². The molecule has 0 aliphatic heterocycles. The molecule has 98 valence electrons. The molecule has 0 rings (SSSR count).